The van der Waals surface area contributed by atoms with Gasteiger partial charge in [-0.25, -0.2) is 8.78 Å². The van der Waals surface area contributed by atoms with Crippen LogP contribution in [0.25, 0.3) is 0 Å². The number of halogens is 2. The molecule has 3 rings (SSSR count). The number of nitrogens with zero attached hydrogens (tertiary/aromatic N) is 2. The highest BCUT2D eigenvalue weighted by Crippen LogP contribution is 2.31. The normalized spacial score (nSPS) is 21.9. The number of hydrogen-bond donors (Lipinski definition) is 0. The molecule has 2 saturated heterocycles. The van der Waals surface area contributed by atoms with Gasteiger partial charge in [0.2, 0.25) is 5.91 Å². The highest BCUT2D eigenvalue weighted by atomic mass is 19.1. The minimum atomic E-state index is -0.535. The third-order valence-corrected chi connectivity index (χ3v) is 5.20. The van der Waals surface area contributed by atoms with Crippen molar-refractivity contribution in [3.05, 3.63) is 35.4 Å². The van der Waals surface area contributed by atoms with Gasteiger partial charge in [-0.05, 0) is 31.7 Å². The van der Waals surface area contributed by atoms with Crippen LogP contribution in [0, 0.1) is 11.6 Å². The highest BCUT2D eigenvalue weighted by Gasteiger charge is 2.33. The summed E-state index contributed by atoms with van der Waals surface area (Å²) in [5.41, 5.74) is 0.574. The number of rotatable bonds is 4. The summed E-state index contributed by atoms with van der Waals surface area (Å²) in [6, 6.07) is 4.17. The molecule has 2 heterocycles. The monoisotopic (exact) mass is 322 g/mol. The summed E-state index contributed by atoms with van der Waals surface area (Å²) in [5.74, 6) is -0.721. The van der Waals surface area contributed by atoms with Crippen LogP contribution in [0.3, 0.4) is 0 Å². The van der Waals surface area contributed by atoms with Crippen molar-refractivity contribution in [1.29, 1.82) is 0 Å². The quantitative estimate of drug-likeness (QED) is 0.847. The summed E-state index contributed by atoms with van der Waals surface area (Å²) < 4.78 is 27.2. The number of hydrogen-bond acceptors (Lipinski definition) is 2. The molecule has 0 aliphatic carbocycles. The molecule has 23 heavy (non-hydrogen) atoms. The van der Waals surface area contributed by atoms with Gasteiger partial charge in [0.1, 0.15) is 11.6 Å². The van der Waals surface area contributed by atoms with Crippen LogP contribution in [0.15, 0.2) is 18.2 Å². The molecule has 2 aliphatic heterocycles. The summed E-state index contributed by atoms with van der Waals surface area (Å²) in [7, 11) is 0. The average molecular weight is 322 g/mol. The van der Waals surface area contributed by atoms with Gasteiger partial charge in [-0.2, -0.15) is 0 Å². The summed E-state index contributed by atoms with van der Waals surface area (Å²) in [6.07, 6.45) is 4.31. The standard InChI is InChI=1S/C18H24F2N2O/c1-2-17(15-6-5-13(19)12-16(15)20)21-10-7-14(8-11-21)22-9-3-4-18(22)23/h5-6,12,14,17H,2-4,7-11H2,1H3/t17-/m1/s1. The van der Waals surface area contributed by atoms with Crippen molar-refractivity contribution in [2.45, 2.75) is 51.1 Å². The molecule has 2 fully saturated rings. The Balaban J connectivity index is 1.66. The zero-order chi connectivity index (χ0) is 16.4. The van der Waals surface area contributed by atoms with Crippen LogP contribution in [-0.2, 0) is 4.79 Å². The molecule has 1 atom stereocenters. The van der Waals surface area contributed by atoms with Crippen molar-refractivity contribution in [3.63, 3.8) is 0 Å². The fraction of sp³-hybridized carbons (Fsp3) is 0.611. The van der Waals surface area contributed by atoms with Crippen LogP contribution in [0.5, 0.6) is 0 Å². The van der Waals surface area contributed by atoms with E-state index in [9.17, 15) is 13.6 Å². The third-order valence-electron chi connectivity index (χ3n) is 5.20. The molecule has 0 radical (unpaired) electrons. The average Bonchev–Trinajstić information content (AvgIpc) is 2.97. The molecule has 126 valence electrons. The van der Waals surface area contributed by atoms with Crippen molar-refractivity contribution in [2.24, 2.45) is 0 Å². The van der Waals surface area contributed by atoms with Gasteiger partial charge in [0.15, 0.2) is 0 Å². The zero-order valence-corrected chi connectivity index (χ0v) is 13.6. The van der Waals surface area contributed by atoms with E-state index < -0.39 is 11.6 Å². The maximum absolute atomic E-state index is 14.1. The minimum Gasteiger partial charge on any atom is -0.340 e. The Bertz CT molecular complexity index is 570. The second-order valence-electron chi connectivity index (χ2n) is 6.55. The van der Waals surface area contributed by atoms with Gasteiger partial charge in [-0.3, -0.25) is 9.69 Å². The first-order chi connectivity index (χ1) is 11.1. The van der Waals surface area contributed by atoms with Gasteiger partial charge < -0.3 is 4.90 Å². The van der Waals surface area contributed by atoms with Crippen molar-refractivity contribution in [3.8, 4) is 0 Å². The molecule has 0 aromatic heterocycles. The molecule has 2 aliphatic rings. The van der Waals surface area contributed by atoms with Crippen molar-refractivity contribution >= 4 is 5.91 Å². The molecule has 0 saturated carbocycles. The van der Waals surface area contributed by atoms with Crippen LogP contribution < -0.4 is 0 Å². The molecule has 0 spiro atoms. The second-order valence-corrected chi connectivity index (χ2v) is 6.55. The predicted molar refractivity (Wildman–Crippen MR) is 84.9 cm³/mol. The Morgan fingerprint density at radius 1 is 1.22 bits per heavy atom. The van der Waals surface area contributed by atoms with E-state index in [4.69, 9.17) is 0 Å². The zero-order valence-electron chi connectivity index (χ0n) is 13.6. The maximum atomic E-state index is 14.1. The van der Waals surface area contributed by atoms with Crippen LogP contribution in [-0.4, -0.2) is 41.4 Å². The summed E-state index contributed by atoms with van der Waals surface area (Å²) in [6.45, 7) is 4.62. The van der Waals surface area contributed by atoms with Crippen molar-refractivity contribution < 1.29 is 13.6 Å². The fourth-order valence-electron chi connectivity index (χ4n) is 4.01. The Morgan fingerprint density at radius 2 is 1.96 bits per heavy atom. The Hall–Kier alpha value is -1.49. The Morgan fingerprint density at radius 3 is 2.52 bits per heavy atom. The van der Waals surface area contributed by atoms with Gasteiger partial charge in [0, 0.05) is 49.8 Å². The first-order valence-electron chi connectivity index (χ1n) is 8.58. The van der Waals surface area contributed by atoms with Crippen LogP contribution in [0.2, 0.25) is 0 Å². The van der Waals surface area contributed by atoms with Crippen LogP contribution in [0.1, 0.15) is 50.6 Å². The maximum Gasteiger partial charge on any atom is 0.222 e. The summed E-state index contributed by atoms with van der Waals surface area (Å²) in [5, 5.41) is 0. The lowest BCUT2D eigenvalue weighted by Gasteiger charge is -2.40. The SMILES string of the molecule is CC[C@H](c1ccc(F)cc1F)N1CCC(N2CCCC2=O)CC1. The van der Waals surface area contributed by atoms with Crippen LogP contribution >= 0.6 is 0 Å². The number of carbonyl (C=O) groups is 1. The number of carbonyl (C=O) groups excluding carboxylic acids is 1. The molecule has 5 heteroatoms. The molecule has 1 amide bonds. The van der Waals surface area contributed by atoms with Gasteiger partial charge in [0.25, 0.3) is 0 Å². The second kappa shape index (κ2) is 6.95. The molecule has 0 bridgehead atoms. The van der Waals surface area contributed by atoms with E-state index in [0.717, 1.165) is 51.4 Å². The van der Waals surface area contributed by atoms with E-state index in [1.54, 1.807) is 6.07 Å². The molecule has 1 aromatic rings. The lowest BCUT2D eigenvalue weighted by Crippen LogP contribution is -2.46. The van der Waals surface area contributed by atoms with E-state index in [1.807, 2.05) is 11.8 Å². The summed E-state index contributed by atoms with van der Waals surface area (Å²) in [4.78, 5) is 16.2. The lowest BCUT2D eigenvalue weighted by atomic mass is 9.96. The van der Waals surface area contributed by atoms with Gasteiger partial charge >= 0.3 is 0 Å². The minimum absolute atomic E-state index is 0.0224. The van der Waals surface area contributed by atoms with Crippen LogP contribution in [0.4, 0.5) is 8.78 Å². The van der Waals surface area contributed by atoms with Gasteiger partial charge in [0.05, 0.1) is 0 Å². The molecular weight excluding hydrogens is 298 g/mol. The number of piperidine rings is 1. The molecule has 0 N–H and O–H groups in total. The third kappa shape index (κ3) is 3.39. The largest absolute Gasteiger partial charge is 0.340 e. The van der Waals surface area contributed by atoms with Crippen molar-refractivity contribution in [2.75, 3.05) is 19.6 Å². The first kappa shape index (κ1) is 16.4. The predicted octanol–water partition coefficient (Wildman–Crippen LogP) is 3.50. The topological polar surface area (TPSA) is 23.6 Å². The van der Waals surface area contributed by atoms with E-state index >= 15 is 0 Å². The smallest absolute Gasteiger partial charge is 0.222 e. The van der Waals surface area contributed by atoms with Gasteiger partial charge in [-0.15, -0.1) is 0 Å². The van der Waals surface area contributed by atoms with E-state index in [0.29, 0.717) is 18.0 Å². The number of benzene rings is 1. The first-order valence-corrected chi connectivity index (χ1v) is 8.58. The fourth-order valence-corrected chi connectivity index (χ4v) is 4.01. The highest BCUT2D eigenvalue weighted by molar-refractivity contribution is 5.78. The molecular formula is C18H24F2N2O. The van der Waals surface area contributed by atoms with Gasteiger partial charge in [-0.1, -0.05) is 13.0 Å². The van der Waals surface area contributed by atoms with E-state index in [2.05, 4.69) is 4.90 Å². The number of likely N-dealkylation sites (tertiary alicyclic amines) is 2. The van der Waals surface area contributed by atoms with E-state index in [-0.39, 0.29) is 11.9 Å². The molecule has 0 unspecified atom stereocenters. The molecule has 1 aromatic carbocycles. The van der Waals surface area contributed by atoms with Crippen molar-refractivity contribution in [1.82, 2.24) is 9.80 Å². The number of amides is 1. The lowest BCUT2D eigenvalue weighted by molar-refractivity contribution is -0.130. The Kier molecular flexibility index (Phi) is 4.95. The van der Waals surface area contributed by atoms with E-state index in [1.165, 1.54) is 6.07 Å². The molecule has 3 nitrogen and oxygen atoms in total. The Labute approximate surface area is 136 Å². The summed E-state index contributed by atoms with van der Waals surface area (Å²) >= 11 is 0.